The lowest BCUT2D eigenvalue weighted by molar-refractivity contribution is -0.145. The second kappa shape index (κ2) is 9.72. The van der Waals surface area contributed by atoms with Gasteiger partial charge in [-0.15, -0.1) is 0 Å². The van der Waals surface area contributed by atoms with Crippen LogP contribution in [0.1, 0.15) is 24.5 Å². The fraction of sp³-hybridized carbons (Fsp3) is 0.190. The zero-order chi connectivity index (χ0) is 20.6. The molecule has 0 aliphatic rings. The summed E-state index contributed by atoms with van der Waals surface area (Å²) >= 11 is 3.31. The molecule has 0 aliphatic carbocycles. The summed E-state index contributed by atoms with van der Waals surface area (Å²) in [5.74, 6) is -1.25. The molecule has 6 nitrogen and oxygen atoms in total. The molecule has 0 saturated carbocycles. The van der Waals surface area contributed by atoms with Crippen molar-refractivity contribution in [3.05, 3.63) is 81.8 Å². The van der Waals surface area contributed by atoms with E-state index in [1.807, 2.05) is 24.3 Å². The van der Waals surface area contributed by atoms with Gasteiger partial charge in [0.15, 0.2) is 5.54 Å². The first-order chi connectivity index (χ1) is 13.4. The van der Waals surface area contributed by atoms with Crippen molar-refractivity contribution in [3.8, 4) is 6.07 Å². The number of hydrogen-bond acceptors (Lipinski definition) is 4. The van der Waals surface area contributed by atoms with Crippen LogP contribution in [0.25, 0.3) is 0 Å². The van der Waals surface area contributed by atoms with Crippen LogP contribution in [0.3, 0.4) is 0 Å². The number of amides is 1. The molecule has 2 aromatic rings. The van der Waals surface area contributed by atoms with Gasteiger partial charge in [0.25, 0.3) is 0 Å². The fourth-order valence-corrected chi connectivity index (χ4v) is 2.98. The lowest BCUT2D eigenvalue weighted by Crippen LogP contribution is -2.52. The zero-order valence-electron chi connectivity index (χ0n) is 15.2. The number of rotatable bonds is 7. The van der Waals surface area contributed by atoms with Gasteiger partial charge in [-0.25, -0.2) is 9.59 Å². The highest BCUT2D eigenvalue weighted by molar-refractivity contribution is 9.10. The highest BCUT2D eigenvalue weighted by Crippen LogP contribution is 2.30. The molecule has 0 bridgehead atoms. The molecule has 0 unspecified atom stereocenters. The molecule has 2 aromatic carbocycles. The Bertz CT molecular complexity index is 904. The lowest BCUT2D eigenvalue weighted by atomic mass is 9.84. The highest BCUT2D eigenvalue weighted by Gasteiger charge is 2.42. The minimum Gasteiger partial charge on any atom is -0.479 e. The van der Waals surface area contributed by atoms with Crippen LogP contribution in [0.4, 0.5) is 4.79 Å². The van der Waals surface area contributed by atoms with Gasteiger partial charge in [-0.05, 0) is 30.2 Å². The van der Waals surface area contributed by atoms with Crippen LogP contribution in [0.15, 0.2) is 70.7 Å². The average molecular weight is 443 g/mol. The van der Waals surface area contributed by atoms with Gasteiger partial charge in [0.2, 0.25) is 0 Å². The van der Waals surface area contributed by atoms with Crippen LogP contribution >= 0.6 is 15.9 Å². The first-order valence-corrected chi connectivity index (χ1v) is 9.20. The number of carboxylic acids is 1. The van der Waals surface area contributed by atoms with Gasteiger partial charge < -0.3 is 15.2 Å². The van der Waals surface area contributed by atoms with Crippen molar-refractivity contribution in [3.63, 3.8) is 0 Å². The Balaban J connectivity index is 2.31. The van der Waals surface area contributed by atoms with Crippen molar-refractivity contribution in [2.45, 2.75) is 25.5 Å². The predicted molar refractivity (Wildman–Crippen MR) is 107 cm³/mol. The first kappa shape index (κ1) is 21.2. The quantitative estimate of drug-likeness (QED) is 0.614. The van der Waals surface area contributed by atoms with E-state index >= 15 is 0 Å². The number of benzene rings is 2. The van der Waals surface area contributed by atoms with Crippen molar-refractivity contribution in [1.29, 1.82) is 5.26 Å². The Morgan fingerprint density at radius 1 is 1.21 bits per heavy atom. The van der Waals surface area contributed by atoms with E-state index in [9.17, 15) is 14.7 Å². The summed E-state index contributed by atoms with van der Waals surface area (Å²) in [7, 11) is 0. The summed E-state index contributed by atoms with van der Waals surface area (Å²) in [5.41, 5.74) is -0.115. The largest absolute Gasteiger partial charge is 0.479 e. The number of aliphatic carboxylic acids is 1. The predicted octanol–water partition coefficient (Wildman–Crippen LogP) is 4.52. The number of allylic oxidation sites excluding steroid dienone is 1. The molecule has 0 heterocycles. The van der Waals surface area contributed by atoms with Gasteiger partial charge >= 0.3 is 12.1 Å². The Morgan fingerprint density at radius 2 is 1.86 bits per heavy atom. The molecule has 7 heteroatoms. The van der Waals surface area contributed by atoms with Gasteiger partial charge in [-0.1, -0.05) is 64.0 Å². The summed E-state index contributed by atoms with van der Waals surface area (Å²) in [6, 6.07) is 17.5. The van der Waals surface area contributed by atoms with Crippen LogP contribution in [-0.2, 0) is 21.7 Å². The minimum absolute atomic E-state index is 0.00965. The summed E-state index contributed by atoms with van der Waals surface area (Å²) < 4.78 is 5.98. The van der Waals surface area contributed by atoms with E-state index in [-0.39, 0.29) is 13.0 Å². The molecule has 2 N–H and O–H groups in total. The van der Waals surface area contributed by atoms with Crippen molar-refractivity contribution < 1.29 is 19.4 Å². The maximum Gasteiger partial charge on any atom is 0.408 e. The van der Waals surface area contributed by atoms with Crippen molar-refractivity contribution >= 4 is 28.0 Å². The van der Waals surface area contributed by atoms with E-state index in [0.717, 1.165) is 10.0 Å². The van der Waals surface area contributed by atoms with Crippen LogP contribution in [0.2, 0.25) is 0 Å². The maximum absolute atomic E-state index is 12.4. The molecule has 1 amide bonds. The van der Waals surface area contributed by atoms with Gasteiger partial charge in [-0.3, -0.25) is 0 Å². The Kier molecular flexibility index (Phi) is 7.36. The molecule has 0 radical (unpaired) electrons. The number of carbonyl (C=O) groups is 2. The third-order valence-electron chi connectivity index (χ3n) is 4.09. The SMILES string of the molecule is CC(=CC#N)C[C@](NC(=O)OCc1ccccc1)(C(=O)O)c1ccc(Br)cc1. The number of carboxylic acid groups (broad SMARTS) is 1. The summed E-state index contributed by atoms with van der Waals surface area (Å²) in [5, 5.41) is 21.4. The Labute approximate surface area is 171 Å². The van der Waals surface area contributed by atoms with Crippen LogP contribution in [0.5, 0.6) is 0 Å². The van der Waals surface area contributed by atoms with Crippen molar-refractivity contribution in [1.82, 2.24) is 5.32 Å². The normalized spacial score (nSPS) is 13.1. The molecule has 1 atom stereocenters. The number of nitrogens with zero attached hydrogens (tertiary/aromatic N) is 1. The molecule has 0 saturated heterocycles. The van der Waals surface area contributed by atoms with Crippen LogP contribution in [0, 0.1) is 11.3 Å². The molecular weight excluding hydrogens is 424 g/mol. The number of ether oxygens (including phenoxy) is 1. The second-order valence-corrected chi connectivity index (χ2v) is 7.12. The molecule has 2 rings (SSSR count). The molecule has 0 aromatic heterocycles. The lowest BCUT2D eigenvalue weighted by Gasteiger charge is -2.31. The molecule has 28 heavy (non-hydrogen) atoms. The number of carbonyl (C=O) groups excluding carboxylic acids is 1. The Hall–Kier alpha value is -3.11. The number of halogens is 1. The van der Waals surface area contributed by atoms with Crippen molar-refractivity contribution in [2.75, 3.05) is 0 Å². The van der Waals surface area contributed by atoms with E-state index in [4.69, 9.17) is 10.00 Å². The topological polar surface area (TPSA) is 99.4 Å². The third-order valence-corrected chi connectivity index (χ3v) is 4.61. The fourth-order valence-electron chi connectivity index (χ4n) is 2.72. The smallest absolute Gasteiger partial charge is 0.408 e. The van der Waals surface area contributed by atoms with E-state index in [1.54, 1.807) is 43.3 Å². The standard InChI is InChI=1S/C21H19BrN2O4/c1-15(11-12-23)13-21(19(25)26,17-7-9-18(22)10-8-17)24-20(27)28-14-16-5-3-2-4-6-16/h2-11H,13-14H2,1H3,(H,24,27)(H,25,26)/t21-/m1/s1. The molecule has 0 fully saturated rings. The van der Waals surface area contributed by atoms with Gasteiger partial charge in [-0.2, -0.15) is 5.26 Å². The van der Waals surface area contributed by atoms with Crippen LogP contribution < -0.4 is 5.32 Å². The van der Waals surface area contributed by atoms with Crippen LogP contribution in [-0.4, -0.2) is 17.2 Å². The second-order valence-electron chi connectivity index (χ2n) is 6.20. The van der Waals surface area contributed by atoms with Gasteiger partial charge in [0.05, 0.1) is 6.07 Å². The number of alkyl carbamates (subject to hydrolysis) is 1. The highest BCUT2D eigenvalue weighted by atomic mass is 79.9. The molecule has 0 aliphatic heterocycles. The van der Waals surface area contributed by atoms with E-state index in [1.165, 1.54) is 6.08 Å². The van der Waals surface area contributed by atoms with Gasteiger partial charge in [0.1, 0.15) is 6.61 Å². The summed E-state index contributed by atoms with van der Waals surface area (Å²) in [6.07, 6.45) is 0.310. The average Bonchev–Trinajstić information content (AvgIpc) is 2.67. The Morgan fingerprint density at radius 3 is 2.43 bits per heavy atom. The monoisotopic (exact) mass is 442 g/mol. The number of nitriles is 1. The maximum atomic E-state index is 12.4. The first-order valence-electron chi connectivity index (χ1n) is 8.41. The molecule has 0 spiro atoms. The molecular formula is C21H19BrN2O4. The summed E-state index contributed by atoms with van der Waals surface area (Å²) in [6.45, 7) is 1.65. The van der Waals surface area contributed by atoms with Crippen molar-refractivity contribution in [2.24, 2.45) is 0 Å². The summed E-state index contributed by atoms with van der Waals surface area (Å²) in [4.78, 5) is 24.7. The molecule has 144 valence electrons. The number of nitrogens with one attached hydrogen (secondary N) is 1. The number of hydrogen-bond donors (Lipinski definition) is 2. The van der Waals surface area contributed by atoms with E-state index in [2.05, 4.69) is 21.2 Å². The van der Waals surface area contributed by atoms with Gasteiger partial charge in [0, 0.05) is 17.0 Å². The third kappa shape index (κ3) is 5.44. The van der Waals surface area contributed by atoms with E-state index < -0.39 is 17.6 Å². The van der Waals surface area contributed by atoms with E-state index in [0.29, 0.717) is 11.1 Å². The minimum atomic E-state index is -1.77. The zero-order valence-corrected chi connectivity index (χ0v) is 16.8.